The maximum Gasteiger partial charge on any atom is 0.339 e. The first kappa shape index (κ1) is 14.0. The van der Waals surface area contributed by atoms with E-state index in [2.05, 4.69) is 9.97 Å². The molecule has 0 aliphatic rings. The molecule has 106 valence electrons. The zero-order valence-corrected chi connectivity index (χ0v) is 11.6. The number of rotatable bonds is 4. The quantitative estimate of drug-likeness (QED) is 0.861. The second-order valence-corrected chi connectivity index (χ2v) is 4.81. The van der Waals surface area contributed by atoms with Crippen LogP contribution in [0.2, 0.25) is 0 Å². The summed E-state index contributed by atoms with van der Waals surface area (Å²) in [5, 5.41) is 0. The van der Waals surface area contributed by atoms with E-state index in [1.165, 1.54) is 24.7 Å². The third kappa shape index (κ3) is 2.49. The number of pyridine rings is 1. The van der Waals surface area contributed by atoms with Crippen molar-refractivity contribution >= 4 is 5.97 Å². The molecule has 2 aromatic rings. The third-order valence-corrected chi connectivity index (χ3v) is 3.06. The van der Waals surface area contributed by atoms with Crippen LogP contribution in [0.4, 0.5) is 0 Å². The Labute approximate surface area is 115 Å². The van der Waals surface area contributed by atoms with E-state index in [1.807, 2.05) is 13.8 Å². The van der Waals surface area contributed by atoms with E-state index < -0.39 is 11.4 Å². The second-order valence-electron chi connectivity index (χ2n) is 4.81. The van der Waals surface area contributed by atoms with Gasteiger partial charge in [-0.25, -0.2) is 9.78 Å². The number of H-pyrrole nitrogens is 1. The highest BCUT2D eigenvalue weighted by atomic mass is 16.5. The maximum absolute atomic E-state index is 12.0. The minimum Gasteiger partial charge on any atom is -0.462 e. The molecule has 20 heavy (non-hydrogen) atoms. The van der Waals surface area contributed by atoms with Gasteiger partial charge in [-0.15, -0.1) is 0 Å². The van der Waals surface area contributed by atoms with Gasteiger partial charge in [-0.2, -0.15) is 0 Å². The SMILES string of the molecule is CCOC(=O)c1c[nH]c(=O)cc1C(C)(C)c1ncco1. The van der Waals surface area contributed by atoms with Gasteiger partial charge in [0.2, 0.25) is 11.4 Å². The lowest BCUT2D eigenvalue weighted by Gasteiger charge is -2.23. The topological polar surface area (TPSA) is 85.2 Å². The van der Waals surface area contributed by atoms with Gasteiger partial charge in [0, 0.05) is 12.3 Å². The Balaban J connectivity index is 2.58. The van der Waals surface area contributed by atoms with Crippen LogP contribution in [0.5, 0.6) is 0 Å². The van der Waals surface area contributed by atoms with E-state index in [-0.39, 0.29) is 12.2 Å². The molecule has 0 atom stereocenters. The van der Waals surface area contributed by atoms with Crippen LogP contribution in [0.3, 0.4) is 0 Å². The van der Waals surface area contributed by atoms with Crippen molar-refractivity contribution in [2.45, 2.75) is 26.2 Å². The smallest absolute Gasteiger partial charge is 0.339 e. The fourth-order valence-electron chi connectivity index (χ4n) is 2.01. The summed E-state index contributed by atoms with van der Waals surface area (Å²) in [5.41, 5.74) is -0.204. The lowest BCUT2D eigenvalue weighted by molar-refractivity contribution is 0.0523. The highest BCUT2D eigenvalue weighted by Crippen LogP contribution is 2.31. The first-order valence-corrected chi connectivity index (χ1v) is 6.27. The van der Waals surface area contributed by atoms with Gasteiger partial charge in [0.15, 0.2) is 0 Å². The monoisotopic (exact) mass is 276 g/mol. The van der Waals surface area contributed by atoms with Crippen molar-refractivity contribution in [2.24, 2.45) is 0 Å². The van der Waals surface area contributed by atoms with Crippen molar-refractivity contribution < 1.29 is 13.9 Å². The number of oxazole rings is 1. The molecule has 1 N–H and O–H groups in total. The largest absolute Gasteiger partial charge is 0.462 e. The first-order valence-electron chi connectivity index (χ1n) is 6.27. The highest BCUT2D eigenvalue weighted by Gasteiger charge is 2.32. The van der Waals surface area contributed by atoms with Gasteiger partial charge in [-0.3, -0.25) is 4.79 Å². The first-order chi connectivity index (χ1) is 9.46. The molecule has 6 heteroatoms. The minimum absolute atomic E-state index is 0.261. The predicted octanol–water partition coefficient (Wildman–Crippen LogP) is 1.87. The van der Waals surface area contributed by atoms with Crippen LogP contribution in [0.25, 0.3) is 0 Å². The number of aromatic nitrogens is 2. The van der Waals surface area contributed by atoms with Crippen molar-refractivity contribution in [3.05, 3.63) is 52.1 Å². The van der Waals surface area contributed by atoms with Crippen molar-refractivity contribution in [1.82, 2.24) is 9.97 Å². The maximum atomic E-state index is 12.0. The molecule has 0 spiro atoms. The fourth-order valence-corrected chi connectivity index (χ4v) is 2.01. The lowest BCUT2D eigenvalue weighted by Crippen LogP contribution is -2.26. The summed E-state index contributed by atoms with van der Waals surface area (Å²) in [5.74, 6) is -0.0629. The van der Waals surface area contributed by atoms with Crippen molar-refractivity contribution in [3.63, 3.8) is 0 Å². The Morgan fingerprint density at radius 3 is 2.85 bits per heavy atom. The van der Waals surface area contributed by atoms with Crippen LogP contribution in [0.15, 0.2) is 33.9 Å². The van der Waals surface area contributed by atoms with E-state index in [4.69, 9.17) is 9.15 Å². The summed E-state index contributed by atoms with van der Waals surface area (Å²) in [7, 11) is 0. The predicted molar refractivity (Wildman–Crippen MR) is 71.7 cm³/mol. The molecule has 0 fully saturated rings. The number of aromatic amines is 1. The Bertz CT molecular complexity index is 656. The van der Waals surface area contributed by atoms with Gasteiger partial charge in [0.25, 0.3) is 0 Å². The second kappa shape index (κ2) is 5.32. The molecule has 0 radical (unpaired) electrons. The van der Waals surface area contributed by atoms with E-state index in [0.29, 0.717) is 17.0 Å². The zero-order chi connectivity index (χ0) is 14.8. The molecule has 0 aromatic carbocycles. The number of carbonyl (C=O) groups is 1. The average Bonchev–Trinajstić information content (AvgIpc) is 2.93. The number of hydrogen-bond donors (Lipinski definition) is 1. The summed E-state index contributed by atoms with van der Waals surface area (Å²) in [6.45, 7) is 5.64. The van der Waals surface area contributed by atoms with E-state index in [9.17, 15) is 9.59 Å². The average molecular weight is 276 g/mol. The molecular formula is C14H16N2O4. The molecule has 2 rings (SSSR count). The van der Waals surface area contributed by atoms with E-state index in [1.54, 1.807) is 6.92 Å². The summed E-state index contributed by atoms with van der Waals surface area (Å²) >= 11 is 0. The molecule has 0 unspecified atom stereocenters. The summed E-state index contributed by atoms with van der Waals surface area (Å²) in [6.07, 6.45) is 4.34. The van der Waals surface area contributed by atoms with Gasteiger partial charge in [0.05, 0.1) is 23.8 Å². The Hall–Kier alpha value is -2.37. The number of esters is 1. The van der Waals surface area contributed by atoms with Gasteiger partial charge in [-0.1, -0.05) is 0 Å². The highest BCUT2D eigenvalue weighted by molar-refractivity contribution is 5.91. The Morgan fingerprint density at radius 1 is 1.50 bits per heavy atom. The molecule has 2 aromatic heterocycles. The van der Waals surface area contributed by atoms with Crippen LogP contribution >= 0.6 is 0 Å². The molecule has 2 heterocycles. The molecule has 0 saturated carbocycles. The van der Waals surface area contributed by atoms with Gasteiger partial charge in [-0.05, 0) is 26.3 Å². The van der Waals surface area contributed by atoms with E-state index in [0.717, 1.165) is 0 Å². The molecule has 0 aliphatic carbocycles. The van der Waals surface area contributed by atoms with Crippen LogP contribution < -0.4 is 5.56 Å². The summed E-state index contributed by atoms with van der Waals surface area (Å²) < 4.78 is 10.3. The van der Waals surface area contributed by atoms with Crippen molar-refractivity contribution in [1.29, 1.82) is 0 Å². The molecule has 0 saturated heterocycles. The normalized spacial score (nSPS) is 11.3. The number of ether oxygens (including phenoxy) is 1. The van der Waals surface area contributed by atoms with Gasteiger partial charge < -0.3 is 14.1 Å². The fraction of sp³-hybridized carbons (Fsp3) is 0.357. The number of carbonyl (C=O) groups excluding carboxylic acids is 1. The van der Waals surface area contributed by atoms with Crippen LogP contribution in [-0.4, -0.2) is 22.5 Å². The minimum atomic E-state index is -0.722. The zero-order valence-electron chi connectivity index (χ0n) is 11.6. The van der Waals surface area contributed by atoms with Crippen LogP contribution in [0.1, 0.15) is 42.6 Å². The summed E-state index contributed by atoms with van der Waals surface area (Å²) in [6, 6.07) is 1.37. The molecule has 0 amide bonds. The Morgan fingerprint density at radius 2 is 2.25 bits per heavy atom. The third-order valence-electron chi connectivity index (χ3n) is 3.06. The molecule has 0 bridgehead atoms. The van der Waals surface area contributed by atoms with Crippen LogP contribution in [-0.2, 0) is 10.2 Å². The van der Waals surface area contributed by atoms with Crippen LogP contribution in [0, 0.1) is 0 Å². The van der Waals surface area contributed by atoms with E-state index >= 15 is 0 Å². The lowest BCUT2D eigenvalue weighted by atomic mass is 9.82. The molecule has 6 nitrogen and oxygen atoms in total. The number of hydrogen-bond acceptors (Lipinski definition) is 5. The standard InChI is InChI=1S/C14H16N2O4/c1-4-19-12(18)9-8-16-11(17)7-10(9)14(2,3)13-15-5-6-20-13/h5-8H,4H2,1-3H3,(H,16,17). The molecule has 0 aliphatic heterocycles. The number of nitrogens with zero attached hydrogens (tertiary/aromatic N) is 1. The van der Waals surface area contributed by atoms with Crippen molar-refractivity contribution in [2.75, 3.05) is 6.61 Å². The van der Waals surface area contributed by atoms with Crippen molar-refractivity contribution in [3.8, 4) is 0 Å². The Kier molecular flexibility index (Phi) is 3.74. The van der Waals surface area contributed by atoms with Gasteiger partial charge >= 0.3 is 5.97 Å². The molecular weight excluding hydrogens is 260 g/mol. The summed E-state index contributed by atoms with van der Waals surface area (Å²) in [4.78, 5) is 30.2. The van der Waals surface area contributed by atoms with Gasteiger partial charge in [0.1, 0.15) is 6.26 Å². The number of nitrogens with one attached hydrogen (secondary N) is 1.